The molecule has 2 amide bonds. The van der Waals surface area contributed by atoms with Crippen LogP contribution in [0.4, 0.5) is 0 Å². The standard InChI is InChI=1S/C18H23N3O3S/c22-17(10-20-18(23)15-5-7-24-13-15)19-9-14-3-1-6-21(11-14)12-16-4-2-8-25-16/h2,4-5,7-8,13-14H,1,3,6,9-12H2,(H,19,22)(H,20,23). The number of carbonyl (C=O) groups is 2. The molecule has 3 heterocycles. The number of carbonyl (C=O) groups excluding carboxylic acids is 2. The number of piperidine rings is 1. The van der Waals surface area contributed by atoms with Gasteiger partial charge in [0.05, 0.1) is 18.4 Å². The second kappa shape index (κ2) is 8.82. The Balaban J connectivity index is 1.36. The van der Waals surface area contributed by atoms with Crippen LogP contribution < -0.4 is 10.6 Å². The molecule has 0 aliphatic carbocycles. The second-order valence-corrected chi connectivity index (χ2v) is 7.35. The molecule has 1 saturated heterocycles. The van der Waals surface area contributed by atoms with Gasteiger partial charge in [0, 0.05) is 24.5 Å². The lowest BCUT2D eigenvalue weighted by atomic mass is 9.98. The van der Waals surface area contributed by atoms with Crippen molar-refractivity contribution in [3.05, 3.63) is 46.5 Å². The fourth-order valence-corrected chi connectivity index (χ4v) is 3.81. The van der Waals surface area contributed by atoms with E-state index in [1.165, 1.54) is 17.4 Å². The summed E-state index contributed by atoms with van der Waals surface area (Å²) in [4.78, 5) is 27.5. The maximum atomic E-state index is 11.9. The molecule has 0 aromatic carbocycles. The summed E-state index contributed by atoms with van der Waals surface area (Å²) in [6, 6.07) is 5.82. The van der Waals surface area contributed by atoms with Crippen LogP contribution in [0.25, 0.3) is 0 Å². The maximum Gasteiger partial charge on any atom is 0.254 e. The van der Waals surface area contributed by atoms with E-state index in [-0.39, 0.29) is 18.4 Å². The lowest BCUT2D eigenvalue weighted by Gasteiger charge is -2.32. The van der Waals surface area contributed by atoms with Crippen molar-refractivity contribution in [2.45, 2.75) is 19.4 Å². The minimum Gasteiger partial charge on any atom is -0.472 e. The average Bonchev–Trinajstić information content (AvgIpc) is 3.32. The topological polar surface area (TPSA) is 74.6 Å². The number of furan rings is 1. The first-order chi connectivity index (χ1) is 12.2. The Labute approximate surface area is 151 Å². The van der Waals surface area contributed by atoms with Gasteiger partial charge in [-0.05, 0) is 42.8 Å². The van der Waals surface area contributed by atoms with Crippen molar-refractivity contribution in [1.82, 2.24) is 15.5 Å². The molecule has 0 spiro atoms. The molecule has 1 unspecified atom stereocenters. The molecule has 0 bridgehead atoms. The highest BCUT2D eigenvalue weighted by Crippen LogP contribution is 2.19. The largest absolute Gasteiger partial charge is 0.472 e. The molecule has 6 nitrogen and oxygen atoms in total. The summed E-state index contributed by atoms with van der Waals surface area (Å²) < 4.78 is 4.85. The van der Waals surface area contributed by atoms with E-state index >= 15 is 0 Å². The Hall–Kier alpha value is -2.12. The molecule has 3 rings (SSSR count). The molecule has 1 aliphatic heterocycles. The summed E-state index contributed by atoms with van der Waals surface area (Å²) in [5.74, 6) is -0.00171. The van der Waals surface area contributed by atoms with Crippen molar-refractivity contribution in [1.29, 1.82) is 0 Å². The number of nitrogens with zero attached hydrogens (tertiary/aromatic N) is 1. The second-order valence-electron chi connectivity index (χ2n) is 6.32. The SMILES string of the molecule is O=C(CNC(=O)c1ccoc1)NCC1CCCN(Cc2cccs2)C1. The van der Waals surface area contributed by atoms with Crippen LogP contribution in [0.2, 0.25) is 0 Å². The maximum absolute atomic E-state index is 11.9. The Kier molecular flexibility index (Phi) is 6.25. The fourth-order valence-electron chi connectivity index (χ4n) is 3.06. The number of likely N-dealkylation sites (tertiary alicyclic amines) is 1. The molecule has 25 heavy (non-hydrogen) atoms. The van der Waals surface area contributed by atoms with Crippen LogP contribution in [0.15, 0.2) is 40.5 Å². The van der Waals surface area contributed by atoms with Crippen LogP contribution in [0, 0.1) is 5.92 Å². The van der Waals surface area contributed by atoms with Gasteiger partial charge in [-0.2, -0.15) is 0 Å². The van der Waals surface area contributed by atoms with Gasteiger partial charge in [-0.3, -0.25) is 14.5 Å². The van der Waals surface area contributed by atoms with Gasteiger partial charge in [-0.15, -0.1) is 11.3 Å². The lowest BCUT2D eigenvalue weighted by molar-refractivity contribution is -0.120. The van der Waals surface area contributed by atoms with E-state index in [0.717, 1.165) is 32.5 Å². The zero-order valence-electron chi connectivity index (χ0n) is 14.1. The molecule has 0 radical (unpaired) electrons. The molecular formula is C18H23N3O3S. The minimum atomic E-state index is -0.302. The highest BCUT2D eigenvalue weighted by Gasteiger charge is 2.20. The zero-order chi connectivity index (χ0) is 17.5. The average molecular weight is 361 g/mol. The van der Waals surface area contributed by atoms with E-state index < -0.39 is 0 Å². The van der Waals surface area contributed by atoms with Crippen LogP contribution in [0.3, 0.4) is 0 Å². The van der Waals surface area contributed by atoms with Crippen LogP contribution in [0.5, 0.6) is 0 Å². The summed E-state index contributed by atoms with van der Waals surface area (Å²) in [6.45, 7) is 3.74. The Morgan fingerprint density at radius 2 is 2.24 bits per heavy atom. The van der Waals surface area contributed by atoms with Gasteiger partial charge in [0.1, 0.15) is 6.26 Å². The Morgan fingerprint density at radius 3 is 3.00 bits per heavy atom. The Morgan fingerprint density at radius 1 is 1.32 bits per heavy atom. The predicted octanol–water partition coefficient (Wildman–Crippen LogP) is 2.10. The highest BCUT2D eigenvalue weighted by atomic mass is 32.1. The van der Waals surface area contributed by atoms with Crippen LogP contribution in [0.1, 0.15) is 28.1 Å². The van der Waals surface area contributed by atoms with E-state index in [4.69, 9.17) is 4.42 Å². The van der Waals surface area contributed by atoms with E-state index in [9.17, 15) is 9.59 Å². The van der Waals surface area contributed by atoms with Crippen molar-refractivity contribution in [3.8, 4) is 0 Å². The van der Waals surface area contributed by atoms with Gasteiger partial charge in [-0.25, -0.2) is 0 Å². The van der Waals surface area contributed by atoms with Gasteiger partial charge < -0.3 is 15.1 Å². The highest BCUT2D eigenvalue weighted by molar-refractivity contribution is 7.09. The molecule has 134 valence electrons. The zero-order valence-corrected chi connectivity index (χ0v) is 14.9. The number of amides is 2. The third-order valence-electron chi connectivity index (χ3n) is 4.34. The number of thiophene rings is 1. The summed E-state index contributed by atoms with van der Waals surface area (Å²) in [5, 5.41) is 7.63. The quantitative estimate of drug-likeness (QED) is 0.792. The van der Waals surface area contributed by atoms with Crippen LogP contribution >= 0.6 is 11.3 Å². The van der Waals surface area contributed by atoms with E-state index in [1.807, 2.05) is 0 Å². The molecule has 1 fully saturated rings. The van der Waals surface area contributed by atoms with Crippen molar-refractivity contribution >= 4 is 23.2 Å². The molecule has 7 heteroatoms. The molecule has 1 atom stereocenters. The number of rotatable bonds is 7. The van der Waals surface area contributed by atoms with Crippen molar-refractivity contribution < 1.29 is 14.0 Å². The monoisotopic (exact) mass is 361 g/mol. The number of hydrogen-bond acceptors (Lipinski definition) is 5. The first-order valence-corrected chi connectivity index (χ1v) is 9.40. The molecule has 1 aliphatic rings. The van der Waals surface area contributed by atoms with E-state index in [1.54, 1.807) is 17.4 Å². The predicted molar refractivity (Wildman–Crippen MR) is 96.4 cm³/mol. The van der Waals surface area contributed by atoms with Gasteiger partial charge in [0.25, 0.3) is 5.91 Å². The van der Waals surface area contributed by atoms with Crippen molar-refractivity contribution in [2.24, 2.45) is 5.92 Å². The van der Waals surface area contributed by atoms with Crippen molar-refractivity contribution in [3.63, 3.8) is 0 Å². The molecular weight excluding hydrogens is 338 g/mol. The first kappa shape index (κ1) is 17.7. The van der Waals surface area contributed by atoms with Gasteiger partial charge >= 0.3 is 0 Å². The van der Waals surface area contributed by atoms with Crippen LogP contribution in [-0.4, -0.2) is 42.9 Å². The molecule has 2 aromatic rings. The first-order valence-electron chi connectivity index (χ1n) is 8.52. The fraction of sp³-hybridized carbons (Fsp3) is 0.444. The summed E-state index contributed by atoms with van der Waals surface area (Å²) in [5.41, 5.74) is 0.421. The van der Waals surface area contributed by atoms with Crippen molar-refractivity contribution in [2.75, 3.05) is 26.2 Å². The lowest BCUT2D eigenvalue weighted by Crippen LogP contribution is -2.43. The van der Waals surface area contributed by atoms with E-state index in [2.05, 4.69) is 33.0 Å². The smallest absolute Gasteiger partial charge is 0.254 e. The normalized spacial score (nSPS) is 18.0. The van der Waals surface area contributed by atoms with Crippen LogP contribution in [-0.2, 0) is 11.3 Å². The molecule has 2 N–H and O–H groups in total. The third kappa shape index (κ3) is 5.44. The summed E-state index contributed by atoms with van der Waals surface area (Å²) in [7, 11) is 0. The van der Waals surface area contributed by atoms with Gasteiger partial charge in [0.15, 0.2) is 0 Å². The Bertz CT molecular complexity index is 670. The molecule has 0 saturated carbocycles. The summed E-state index contributed by atoms with van der Waals surface area (Å²) in [6.07, 6.45) is 5.07. The number of hydrogen-bond donors (Lipinski definition) is 2. The third-order valence-corrected chi connectivity index (χ3v) is 5.20. The molecule has 2 aromatic heterocycles. The van der Waals surface area contributed by atoms with Gasteiger partial charge in [-0.1, -0.05) is 6.07 Å². The summed E-state index contributed by atoms with van der Waals surface area (Å²) >= 11 is 1.79. The minimum absolute atomic E-state index is 0.0182. The van der Waals surface area contributed by atoms with E-state index in [0.29, 0.717) is 18.0 Å². The van der Waals surface area contributed by atoms with Gasteiger partial charge in [0.2, 0.25) is 5.91 Å². The number of nitrogens with one attached hydrogen (secondary N) is 2.